The van der Waals surface area contributed by atoms with Crippen molar-refractivity contribution in [2.75, 3.05) is 5.32 Å². The van der Waals surface area contributed by atoms with E-state index in [1.165, 1.54) is 6.42 Å². The van der Waals surface area contributed by atoms with Gasteiger partial charge in [-0.1, -0.05) is 24.9 Å². The predicted octanol–water partition coefficient (Wildman–Crippen LogP) is 4.78. The van der Waals surface area contributed by atoms with Crippen LogP contribution in [-0.4, -0.2) is 12.2 Å². The van der Waals surface area contributed by atoms with Crippen LogP contribution in [0, 0.1) is 12.8 Å². The van der Waals surface area contributed by atoms with Crippen LogP contribution >= 0.6 is 11.6 Å². The third kappa shape index (κ3) is 3.87. The van der Waals surface area contributed by atoms with Crippen LogP contribution < -0.4 is 5.32 Å². The monoisotopic (exact) mass is 281 g/mol. The van der Waals surface area contributed by atoms with Gasteiger partial charge >= 0.3 is 6.09 Å². The van der Waals surface area contributed by atoms with Gasteiger partial charge in [0.15, 0.2) is 0 Å². The van der Waals surface area contributed by atoms with Crippen molar-refractivity contribution in [3.8, 4) is 0 Å². The Morgan fingerprint density at radius 2 is 2.11 bits per heavy atom. The van der Waals surface area contributed by atoms with Crippen molar-refractivity contribution in [2.24, 2.45) is 5.92 Å². The van der Waals surface area contributed by atoms with Crippen molar-refractivity contribution in [3.63, 3.8) is 0 Å². The van der Waals surface area contributed by atoms with Gasteiger partial charge in [-0.25, -0.2) is 4.79 Å². The van der Waals surface area contributed by atoms with E-state index in [2.05, 4.69) is 12.2 Å². The minimum absolute atomic E-state index is 0.0429. The highest BCUT2D eigenvalue weighted by molar-refractivity contribution is 6.30. The van der Waals surface area contributed by atoms with Gasteiger partial charge in [0.05, 0.1) is 0 Å². The minimum atomic E-state index is -0.371. The molecule has 1 fully saturated rings. The molecule has 0 aromatic heterocycles. The first-order chi connectivity index (χ1) is 9.06. The molecular formula is C15H20ClNO2. The van der Waals surface area contributed by atoms with Crippen LogP contribution in [0.3, 0.4) is 0 Å². The molecule has 0 radical (unpaired) electrons. The number of hydrogen-bond acceptors (Lipinski definition) is 2. The quantitative estimate of drug-likeness (QED) is 0.847. The molecular weight excluding hydrogens is 262 g/mol. The van der Waals surface area contributed by atoms with E-state index in [1.54, 1.807) is 12.1 Å². The molecule has 3 nitrogen and oxygen atoms in total. The Bertz CT molecular complexity index is 461. The molecule has 1 aromatic carbocycles. The number of rotatable bonds is 2. The van der Waals surface area contributed by atoms with Crippen molar-refractivity contribution in [1.29, 1.82) is 0 Å². The third-order valence-electron chi connectivity index (χ3n) is 3.72. The lowest BCUT2D eigenvalue weighted by atomic mass is 9.88. The Hall–Kier alpha value is -1.22. The normalized spacial score (nSPS) is 22.9. The highest BCUT2D eigenvalue weighted by Crippen LogP contribution is 2.27. The van der Waals surface area contributed by atoms with Gasteiger partial charge < -0.3 is 4.74 Å². The van der Waals surface area contributed by atoms with E-state index in [-0.39, 0.29) is 12.2 Å². The Kier molecular flexibility index (Phi) is 4.70. The highest BCUT2D eigenvalue weighted by atomic mass is 35.5. The largest absolute Gasteiger partial charge is 0.446 e. The molecule has 0 unspecified atom stereocenters. The zero-order chi connectivity index (χ0) is 13.8. The number of hydrogen-bond donors (Lipinski definition) is 1. The second-order valence-electron chi connectivity index (χ2n) is 5.29. The SMILES string of the molecule is Cc1cc(Cl)ccc1NC(=O)O[C@@H]1CCCC[C@@H]1C. The lowest BCUT2D eigenvalue weighted by Gasteiger charge is -2.28. The summed E-state index contributed by atoms with van der Waals surface area (Å²) in [6.45, 7) is 4.05. The lowest BCUT2D eigenvalue weighted by molar-refractivity contribution is 0.0524. The zero-order valence-corrected chi connectivity index (χ0v) is 12.2. The molecule has 0 saturated heterocycles. The van der Waals surface area contributed by atoms with Crippen LogP contribution in [-0.2, 0) is 4.74 Å². The molecule has 1 saturated carbocycles. The summed E-state index contributed by atoms with van der Waals surface area (Å²) in [7, 11) is 0. The average Bonchev–Trinajstić information content (AvgIpc) is 2.36. The Morgan fingerprint density at radius 3 is 2.79 bits per heavy atom. The number of benzene rings is 1. The Balaban J connectivity index is 1.93. The van der Waals surface area contributed by atoms with Crippen molar-refractivity contribution in [3.05, 3.63) is 28.8 Å². The van der Waals surface area contributed by atoms with Crippen molar-refractivity contribution in [2.45, 2.75) is 45.6 Å². The fraction of sp³-hybridized carbons (Fsp3) is 0.533. The van der Waals surface area contributed by atoms with Gasteiger partial charge in [0.25, 0.3) is 0 Å². The minimum Gasteiger partial charge on any atom is -0.446 e. The lowest BCUT2D eigenvalue weighted by Crippen LogP contribution is -2.30. The van der Waals surface area contributed by atoms with Crippen molar-refractivity contribution < 1.29 is 9.53 Å². The molecule has 1 aliphatic carbocycles. The molecule has 2 rings (SSSR count). The molecule has 2 atom stereocenters. The Labute approximate surface area is 119 Å². The van der Waals surface area contributed by atoms with E-state index in [4.69, 9.17) is 16.3 Å². The summed E-state index contributed by atoms with van der Waals surface area (Å²) in [6.07, 6.45) is 4.15. The third-order valence-corrected chi connectivity index (χ3v) is 3.95. The molecule has 0 bridgehead atoms. The van der Waals surface area contributed by atoms with Gasteiger partial charge in [-0.15, -0.1) is 0 Å². The van der Waals surface area contributed by atoms with Gasteiger partial charge in [-0.05, 0) is 55.9 Å². The first-order valence-electron chi connectivity index (χ1n) is 6.80. The van der Waals surface area contributed by atoms with Gasteiger partial charge in [0.2, 0.25) is 0 Å². The maximum absolute atomic E-state index is 11.9. The second-order valence-corrected chi connectivity index (χ2v) is 5.73. The van der Waals surface area contributed by atoms with E-state index in [1.807, 2.05) is 13.0 Å². The maximum atomic E-state index is 11.9. The fourth-order valence-electron chi connectivity index (χ4n) is 2.50. The number of nitrogens with one attached hydrogen (secondary N) is 1. The molecule has 1 amide bonds. The number of carbonyl (C=O) groups is 1. The summed E-state index contributed by atoms with van der Waals surface area (Å²) in [5.74, 6) is 0.450. The van der Waals surface area contributed by atoms with E-state index in [0.717, 1.165) is 30.5 Å². The average molecular weight is 282 g/mol. The number of ether oxygens (including phenoxy) is 1. The molecule has 4 heteroatoms. The molecule has 1 aromatic rings. The second kappa shape index (κ2) is 6.29. The smallest absolute Gasteiger partial charge is 0.411 e. The summed E-state index contributed by atoms with van der Waals surface area (Å²) in [5, 5.41) is 3.45. The number of amides is 1. The standard InChI is InChI=1S/C15H20ClNO2/c1-10-5-3-4-6-14(10)19-15(18)17-13-8-7-12(16)9-11(13)2/h7-10,14H,3-6H2,1-2H3,(H,17,18)/t10-,14+/m0/s1. The first-order valence-corrected chi connectivity index (χ1v) is 7.18. The molecule has 19 heavy (non-hydrogen) atoms. The molecule has 0 aliphatic heterocycles. The van der Waals surface area contributed by atoms with Crippen LogP contribution in [0.25, 0.3) is 0 Å². The van der Waals surface area contributed by atoms with E-state index >= 15 is 0 Å². The Morgan fingerprint density at radius 1 is 1.37 bits per heavy atom. The van der Waals surface area contributed by atoms with Gasteiger partial charge in [0.1, 0.15) is 6.10 Å². The number of aryl methyl sites for hydroxylation is 1. The number of anilines is 1. The van der Waals surface area contributed by atoms with Gasteiger partial charge in [-0.2, -0.15) is 0 Å². The van der Waals surface area contributed by atoms with Crippen LogP contribution in [0.2, 0.25) is 5.02 Å². The summed E-state index contributed by atoms with van der Waals surface area (Å²) >= 11 is 5.88. The molecule has 1 N–H and O–H groups in total. The van der Waals surface area contributed by atoms with Crippen LogP contribution in [0.15, 0.2) is 18.2 Å². The molecule has 0 spiro atoms. The van der Waals surface area contributed by atoms with E-state index in [9.17, 15) is 4.79 Å². The summed E-state index contributed by atoms with van der Waals surface area (Å²) in [4.78, 5) is 11.9. The first kappa shape index (κ1) is 14.2. The zero-order valence-electron chi connectivity index (χ0n) is 11.4. The van der Waals surface area contributed by atoms with Crippen LogP contribution in [0.4, 0.5) is 10.5 Å². The molecule has 104 valence electrons. The number of carbonyl (C=O) groups excluding carboxylic acids is 1. The molecule has 1 aliphatic rings. The predicted molar refractivity (Wildman–Crippen MR) is 77.7 cm³/mol. The fourth-order valence-corrected chi connectivity index (χ4v) is 2.73. The van der Waals surface area contributed by atoms with Crippen LogP contribution in [0.5, 0.6) is 0 Å². The highest BCUT2D eigenvalue weighted by Gasteiger charge is 2.24. The summed E-state index contributed by atoms with van der Waals surface area (Å²) < 4.78 is 5.51. The summed E-state index contributed by atoms with van der Waals surface area (Å²) in [5.41, 5.74) is 1.68. The summed E-state index contributed by atoms with van der Waals surface area (Å²) in [6, 6.07) is 5.37. The van der Waals surface area contributed by atoms with Crippen molar-refractivity contribution in [1.82, 2.24) is 0 Å². The van der Waals surface area contributed by atoms with E-state index < -0.39 is 0 Å². The van der Waals surface area contributed by atoms with Gasteiger partial charge in [-0.3, -0.25) is 5.32 Å². The van der Waals surface area contributed by atoms with Crippen molar-refractivity contribution >= 4 is 23.4 Å². The van der Waals surface area contributed by atoms with E-state index in [0.29, 0.717) is 10.9 Å². The topological polar surface area (TPSA) is 38.3 Å². The van der Waals surface area contributed by atoms with Crippen LogP contribution in [0.1, 0.15) is 38.2 Å². The number of halogens is 1. The maximum Gasteiger partial charge on any atom is 0.411 e. The van der Waals surface area contributed by atoms with Gasteiger partial charge in [0, 0.05) is 10.7 Å². The molecule has 0 heterocycles.